The van der Waals surface area contributed by atoms with Crippen LogP contribution in [0.3, 0.4) is 0 Å². The molecule has 1 aromatic heterocycles. The molecule has 0 saturated heterocycles. The van der Waals surface area contributed by atoms with Gasteiger partial charge in [-0.1, -0.05) is 26.0 Å². The largest absolute Gasteiger partial charge is 0.352 e. The van der Waals surface area contributed by atoms with Gasteiger partial charge >= 0.3 is 0 Å². The minimum Gasteiger partial charge on any atom is -0.352 e. The fourth-order valence-corrected chi connectivity index (χ4v) is 2.03. The number of nitrogens with one attached hydrogen (secondary N) is 1. The van der Waals surface area contributed by atoms with Gasteiger partial charge in [0, 0.05) is 18.7 Å². The minimum absolute atomic E-state index is 0.290. The van der Waals surface area contributed by atoms with Gasteiger partial charge in [0.15, 0.2) is 0 Å². The molecule has 0 unspecified atom stereocenters. The fourth-order valence-electron chi connectivity index (χ4n) is 2.03. The summed E-state index contributed by atoms with van der Waals surface area (Å²) in [6.07, 6.45) is 1.53. The van der Waals surface area contributed by atoms with Crippen molar-refractivity contribution >= 4 is 5.95 Å². The molecule has 6 heteroatoms. The van der Waals surface area contributed by atoms with Crippen molar-refractivity contribution in [3.8, 4) is 11.3 Å². The van der Waals surface area contributed by atoms with Gasteiger partial charge in [-0.15, -0.1) is 5.10 Å². The molecule has 0 atom stereocenters. The van der Waals surface area contributed by atoms with Crippen LogP contribution in [0, 0.1) is 5.82 Å². The second-order valence-corrected chi connectivity index (χ2v) is 4.63. The van der Waals surface area contributed by atoms with E-state index in [1.165, 1.54) is 18.3 Å². The van der Waals surface area contributed by atoms with Crippen LogP contribution in [-0.4, -0.2) is 46.3 Å². The number of benzene rings is 1. The first-order valence-electron chi connectivity index (χ1n) is 7.14. The number of rotatable bonds is 7. The van der Waals surface area contributed by atoms with Gasteiger partial charge in [-0.3, -0.25) is 0 Å². The van der Waals surface area contributed by atoms with Crippen LogP contribution in [0.1, 0.15) is 13.8 Å². The zero-order valence-electron chi connectivity index (χ0n) is 12.4. The SMILES string of the molecule is CCN(CC)CCNc1nncc(-c2cccc(F)c2)n1. The highest BCUT2D eigenvalue weighted by Gasteiger charge is 2.05. The molecule has 112 valence electrons. The third-order valence-electron chi connectivity index (χ3n) is 3.28. The molecule has 21 heavy (non-hydrogen) atoms. The molecule has 0 aliphatic heterocycles. The quantitative estimate of drug-likeness (QED) is 0.848. The van der Waals surface area contributed by atoms with Gasteiger partial charge in [0.2, 0.25) is 5.95 Å². The molecule has 1 heterocycles. The summed E-state index contributed by atoms with van der Waals surface area (Å²) in [4.78, 5) is 6.67. The fraction of sp³-hybridized carbons (Fsp3) is 0.400. The van der Waals surface area contributed by atoms with Gasteiger partial charge in [-0.2, -0.15) is 5.10 Å². The van der Waals surface area contributed by atoms with Crippen molar-refractivity contribution in [2.75, 3.05) is 31.5 Å². The van der Waals surface area contributed by atoms with E-state index in [2.05, 4.69) is 39.2 Å². The van der Waals surface area contributed by atoms with Crippen molar-refractivity contribution < 1.29 is 4.39 Å². The molecule has 0 aliphatic carbocycles. The highest BCUT2D eigenvalue weighted by Crippen LogP contribution is 2.17. The van der Waals surface area contributed by atoms with E-state index in [0.717, 1.165) is 26.2 Å². The molecule has 0 fully saturated rings. The third kappa shape index (κ3) is 4.46. The molecule has 5 nitrogen and oxygen atoms in total. The van der Waals surface area contributed by atoms with Gasteiger partial charge in [-0.05, 0) is 25.2 Å². The molecule has 0 bridgehead atoms. The average Bonchev–Trinajstić information content (AvgIpc) is 2.52. The Morgan fingerprint density at radius 2 is 2.05 bits per heavy atom. The molecule has 2 rings (SSSR count). The van der Waals surface area contributed by atoms with Crippen molar-refractivity contribution in [3.63, 3.8) is 0 Å². The molecular formula is C15H20FN5. The summed E-state index contributed by atoms with van der Waals surface area (Å²) >= 11 is 0. The van der Waals surface area contributed by atoms with E-state index in [1.54, 1.807) is 12.1 Å². The Morgan fingerprint density at radius 3 is 2.76 bits per heavy atom. The highest BCUT2D eigenvalue weighted by molar-refractivity contribution is 5.58. The lowest BCUT2D eigenvalue weighted by Crippen LogP contribution is -2.29. The first-order chi connectivity index (χ1) is 10.2. The summed E-state index contributed by atoms with van der Waals surface area (Å²) in [5.74, 6) is 0.172. The number of likely N-dealkylation sites (N-methyl/N-ethyl adjacent to an activating group) is 1. The van der Waals surface area contributed by atoms with Crippen LogP contribution in [0.2, 0.25) is 0 Å². The number of hydrogen-bond acceptors (Lipinski definition) is 5. The maximum Gasteiger partial charge on any atom is 0.243 e. The first kappa shape index (κ1) is 15.3. The Hall–Kier alpha value is -2.08. The Kier molecular flexibility index (Phi) is 5.57. The monoisotopic (exact) mass is 289 g/mol. The molecule has 0 spiro atoms. The van der Waals surface area contributed by atoms with Gasteiger partial charge < -0.3 is 10.2 Å². The van der Waals surface area contributed by atoms with Gasteiger partial charge in [-0.25, -0.2) is 9.37 Å². The first-order valence-corrected chi connectivity index (χ1v) is 7.14. The predicted octanol–water partition coefficient (Wildman–Crippen LogP) is 2.43. The normalized spacial score (nSPS) is 10.9. The second-order valence-electron chi connectivity index (χ2n) is 4.63. The summed E-state index contributed by atoms with van der Waals surface area (Å²) in [6, 6.07) is 6.29. The summed E-state index contributed by atoms with van der Waals surface area (Å²) in [7, 11) is 0. The van der Waals surface area contributed by atoms with Gasteiger partial charge in [0.1, 0.15) is 5.82 Å². The van der Waals surface area contributed by atoms with E-state index in [-0.39, 0.29) is 5.82 Å². The van der Waals surface area contributed by atoms with E-state index in [0.29, 0.717) is 17.2 Å². The minimum atomic E-state index is -0.290. The highest BCUT2D eigenvalue weighted by atomic mass is 19.1. The van der Waals surface area contributed by atoms with E-state index in [9.17, 15) is 4.39 Å². The average molecular weight is 289 g/mol. The van der Waals surface area contributed by atoms with Crippen molar-refractivity contribution in [2.24, 2.45) is 0 Å². The molecule has 1 aromatic carbocycles. The van der Waals surface area contributed by atoms with E-state index in [4.69, 9.17) is 0 Å². The summed E-state index contributed by atoms with van der Waals surface area (Å²) < 4.78 is 13.2. The van der Waals surface area contributed by atoms with Crippen LogP contribution in [0.4, 0.5) is 10.3 Å². The topological polar surface area (TPSA) is 53.9 Å². The summed E-state index contributed by atoms with van der Waals surface area (Å²) in [6.45, 7) is 7.95. The van der Waals surface area contributed by atoms with Crippen molar-refractivity contribution in [3.05, 3.63) is 36.3 Å². The number of halogens is 1. The Labute approximate surface area is 124 Å². The van der Waals surface area contributed by atoms with Crippen LogP contribution >= 0.6 is 0 Å². The Morgan fingerprint density at radius 1 is 1.24 bits per heavy atom. The van der Waals surface area contributed by atoms with Crippen molar-refractivity contribution in [1.82, 2.24) is 20.1 Å². The summed E-state index contributed by atoms with van der Waals surface area (Å²) in [5, 5.41) is 11.0. The lowest BCUT2D eigenvalue weighted by molar-refractivity contribution is 0.315. The lowest BCUT2D eigenvalue weighted by Gasteiger charge is -2.17. The van der Waals surface area contributed by atoms with E-state index >= 15 is 0 Å². The molecule has 0 saturated carbocycles. The molecule has 0 aliphatic rings. The Balaban J connectivity index is 2.01. The van der Waals surface area contributed by atoms with Crippen molar-refractivity contribution in [1.29, 1.82) is 0 Å². The van der Waals surface area contributed by atoms with Crippen LogP contribution in [-0.2, 0) is 0 Å². The van der Waals surface area contributed by atoms with Crippen LogP contribution in [0.15, 0.2) is 30.5 Å². The van der Waals surface area contributed by atoms with E-state index in [1.807, 2.05) is 0 Å². The standard InChI is InChI=1S/C15H20FN5/c1-3-21(4-2)9-8-17-15-19-14(11-18-20-15)12-6-5-7-13(16)10-12/h5-7,10-11H,3-4,8-9H2,1-2H3,(H,17,19,20). The summed E-state index contributed by atoms with van der Waals surface area (Å²) in [5.41, 5.74) is 1.30. The molecule has 0 radical (unpaired) electrons. The predicted molar refractivity (Wildman–Crippen MR) is 81.5 cm³/mol. The molecule has 1 N–H and O–H groups in total. The maximum atomic E-state index is 13.2. The van der Waals surface area contributed by atoms with Crippen molar-refractivity contribution in [2.45, 2.75) is 13.8 Å². The zero-order chi connectivity index (χ0) is 15.1. The number of aromatic nitrogens is 3. The van der Waals surface area contributed by atoms with Gasteiger partial charge in [0.05, 0.1) is 11.9 Å². The van der Waals surface area contributed by atoms with Crippen LogP contribution in [0.5, 0.6) is 0 Å². The third-order valence-corrected chi connectivity index (χ3v) is 3.28. The molecule has 0 amide bonds. The number of nitrogens with zero attached hydrogens (tertiary/aromatic N) is 4. The zero-order valence-corrected chi connectivity index (χ0v) is 12.4. The van der Waals surface area contributed by atoms with Crippen LogP contribution in [0.25, 0.3) is 11.3 Å². The molecular weight excluding hydrogens is 269 g/mol. The van der Waals surface area contributed by atoms with E-state index < -0.39 is 0 Å². The van der Waals surface area contributed by atoms with Gasteiger partial charge in [0.25, 0.3) is 0 Å². The number of hydrogen-bond donors (Lipinski definition) is 1. The van der Waals surface area contributed by atoms with Crippen LogP contribution < -0.4 is 5.32 Å². The number of anilines is 1. The lowest BCUT2D eigenvalue weighted by atomic mass is 10.2. The Bertz CT molecular complexity index is 571. The smallest absolute Gasteiger partial charge is 0.243 e. The second kappa shape index (κ2) is 7.64. The maximum absolute atomic E-state index is 13.2. The molecule has 2 aromatic rings.